The third kappa shape index (κ3) is 4.91. The van der Waals surface area contributed by atoms with Crippen molar-refractivity contribution in [3.8, 4) is 11.5 Å². The lowest BCUT2D eigenvalue weighted by atomic mass is 10.3. The summed E-state index contributed by atoms with van der Waals surface area (Å²) in [5.74, 6) is 2.31. The van der Waals surface area contributed by atoms with Crippen molar-refractivity contribution in [1.82, 2.24) is 5.32 Å². The second-order valence-electron chi connectivity index (χ2n) is 2.96. The molecule has 3 nitrogen and oxygen atoms in total. The van der Waals surface area contributed by atoms with Crippen LogP contribution in [0.5, 0.6) is 11.5 Å². The average molecular weight is 230 g/mol. The van der Waals surface area contributed by atoms with Crippen LogP contribution < -0.4 is 14.8 Å². The Morgan fingerprint density at radius 3 is 2.40 bits per heavy atom. The summed E-state index contributed by atoms with van der Waals surface area (Å²) in [6.07, 6.45) is 0. The van der Waals surface area contributed by atoms with Gasteiger partial charge < -0.3 is 14.8 Å². The summed E-state index contributed by atoms with van der Waals surface area (Å²) >= 11 is 5.51. The Labute approximate surface area is 95.3 Å². The van der Waals surface area contributed by atoms with Gasteiger partial charge in [0.15, 0.2) is 0 Å². The zero-order valence-electron chi connectivity index (χ0n) is 8.83. The molecule has 0 saturated carbocycles. The summed E-state index contributed by atoms with van der Waals surface area (Å²) in [7, 11) is 1.64. The molecule has 0 amide bonds. The molecule has 1 aromatic rings. The minimum Gasteiger partial charge on any atom is -0.497 e. The topological polar surface area (TPSA) is 30.5 Å². The highest BCUT2D eigenvalue weighted by Gasteiger charge is 1.94. The smallest absolute Gasteiger partial charge is 0.119 e. The monoisotopic (exact) mass is 229 g/mol. The standard InChI is InChI=1S/C11H16ClNO2/c1-14-10-2-4-11(5-3-10)15-9-8-13-7-6-12/h2-5,13H,6-9H2,1H3. The van der Waals surface area contributed by atoms with E-state index in [0.717, 1.165) is 24.6 Å². The summed E-state index contributed by atoms with van der Waals surface area (Å²) in [4.78, 5) is 0. The van der Waals surface area contributed by atoms with Crippen molar-refractivity contribution in [1.29, 1.82) is 0 Å². The molecular weight excluding hydrogens is 214 g/mol. The van der Waals surface area contributed by atoms with Crippen LogP contribution in [0.1, 0.15) is 0 Å². The molecule has 15 heavy (non-hydrogen) atoms. The van der Waals surface area contributed by atoms with Crippen LogP contribution in [0.4, 0.5) is 0 Å². The van der Waals surface area contributed by atoms with Crippen molar-refractivity contribution in [2.45, 2.75) is 0 Å². The molecule has 0 aliphatic rings. The molecule has 4 heteroatoms. The van der Waals surface area contributed by atoms with E-state index in [4.69, 9.17) is 21.1 Å². The van der Waals surface area contributed by atoms with Gasteiger partial charge >= 0.3 is 0 Å². The van der Waals surface area contributed by atoms with Gasteiger partial charge in [-0.15, -0.1) is 11.6 Å². The Morgan fingerprint density at radius 2 is 1.80 bits per heavy atom. The minimum absolute atomic E-state index is 0.628. The third-order valence-electron chi connectivity index (χ3n) is 1.88. The van der Waals surface area contributed by atoms with Gasteiger partial charge in [-0.1, -0.05) is 0 Å². The van der Waals surface area contributed by atoms with Crippen LogP contribution in [0.15, 0.2) is 24.3 Å². The Kier molecular flexibility index (Phi) is 5.97. The van der Waals surface area contributed by atoms with E-state index in [1.165, 1.54) is 0 Å². The maximum Gasteiger partial charge on any atom is 0.119 e. The number of nitrogens with one attached hydrogen (secondary N) is 1. The number of rotatable bonds is 7. The van der Waals surface area contributed by atoms with E-state index in [9.17, 15) is 0 Å². The van der Waals surface area contributed by atoms with Crippen LogP contribution >= 0.6 is 11.6 Å². The molecule has 0 atom stereocenters. The quantitative estimate of drug-likeness (QED) is 0.572. The lowest BCUT2D eigenvalue weighted by Gasteiger charge is -2.07. The molecule has 0 bridgehead atoms. The maximum absolute atomic E-state index is 5.51. The molecule has 84 valence electrons. The third-order valence-corrected chi connectivity index (χ3v) is 2.07. The van der Waals surface area contributed by atoms with Crippen molar-refractivity contribution in [2.75, 3.05) is 32.7 Å². The number of benzene rings is 1. The molecule has 1 rings (SSSR count). The predicted molar refractivity (Wildman–Crippen MR) is 62.1 cm³/mol. The van der Waals surface area contributed by atoms with Gasteiger partial charge in [-0.05, 0) is 24.3 Å². The maximum atomic E-state index is 5.51. The second-order valence-corrected chi connectivity index (χ2v) is 3.34. The fourth-order valence-corrected chi connectivity index (χ4v) is 1.24. The molecule has 1 N–H and O–H groups in total. The molecule has 0 aliphatic carbocycles. The first-order valence-electron chi connectivity index (χ1n) is 4.90. The molecule has 0 unspecified atom stereocenters. The van der Waals surface area contributed by atoms with Gasteiger partial charge in [-0.2, -0.15) is 0 Å². The van der Waals surface area contributed by atoms with Gasteiger partial charge in [0.05, 0.1) is 7.11 Å². The molecule has 0 aromatic heterocycles. The van der Waals surface area contributed by atoms with Gasteiger partial charge in [0.2, 0.25) is 0 Å². The van der Waals surface area contributed by atoms with Crippen molar-refractivity contribution in [3.05, 3.63) is 24.3 Å². The number of hydrogen-bond acceptors (Lipinski definition) is 3. The fraction of sp³-hybridized carbons (Fsp3) is 0.455. The number of alkyl halides is 1. The van der Waals surface area contributed by atoms with Crippen LogP contribution in [0, 0.1) is 0 Å². The largest absolute Gasteiger partial charge is 0.497 e. The number of ether oxygens (including phenoxy) is 2. The van der Waals surface area contributed by atoms with Crippen LogP contribution in [0.3, 0.4) is 0 Å². The number of methoxy groups -OCH3 is 1. The zero-order valence-corrected chi connectivity index (χ0v) is 9.59. The number of halogens is 1. The van der Waals surface area contributed by atoms with E-state index in [1.54, 1.807) is 7.11 Å². The SMILES string of the molecule is COc1ccc(OCCNCCCl)cc1. The Bertz CT molecular complexity index is 264. The highest BCUT2D eigenvalue weighted by atomic mass is 35.5. The summed E-state index contributed by atoms with van der Waals surface area (Å²) in [5, 5.41) is 3.15. The first-order valence-corrected chi connectivity index (χ1v) is 5.44. The molecule has 0 aliphatic heterocycles. The Balaban J connectivity index is 2.20. The van der Waals surface area contributed by atoms with Crippen molar-refractivity contribution in [2.24, 2.45) is 0 Å². The van der Waals surface area contributed by atoms with Gasteiger partial charge in [0, 0.05) is 19.0 Å². The van der Waals surface area contributed by atoms with Crippen LogP contribution in [-0.4, -0.2) is 32.7 Å². The first kappa shape index (κ1) is 12.1. The average Bonchev–Trinajstić information content (AvgIpc) is 2.30. The van der Waals surface area contributed by atoms with Crippen molar-refractivity contribution >= 4 is 11.6 Å². The molecule has 0 heterocycles. The van der Waals surface area contributed by atoms with E-state index in [1.807, 2.05) is 24.3 Å². The predicted octanol–water partition coefficient (Wildman–Crippen LogP) is 1.90. The molecule has 1 aromatic carbocycles. The Hall–Kier alpha value is -0.930. The Morgan fingerprint density at radius 1 is 1.13 bits per heavy atom. The van der Waals surface area contributed by atoms with E-state index in [-0.39, 0.29) is 0 Å². The fourth-order valence-electron chi connectivity index (χ4n) is 1.10. The molecule has 0 spiro atoms. The van der Waals surface area contributed by atoms with Crippen LogP contribution in [-0.2, 0) is 0 Å². The summed E-state index contributed by atoms with van der Waals surface area (Å²) in [6.45, 7) is 2.26. The van der Waals surface area contributed by atoms with Crippen molar-refractivity contribution < 1.29 is 9.47 Å². The van der Waals surface area contributed by atoms with Gasteiger partial charge in [-0.25, -0.2) is 0 Å². The molecular formula is C11H16ClNO2. The molecule has 0 fully saturated rings. The number of hydrogen-bond donors (Lipinski definition) is 1. The van der Waals surface area contributed by atoms with E-state index >= 15 is 0 Å². The lowest BCUT2D eigenvalue weighted by Crippen LogP contribution is -2.22. The summed E-state index contributed by atoms with van der Waals surface area (Å²) in [5.41, 5.74) is 0. The lowest BCUT2D eigenvalue weighted by molar-refractivity contribution is 0.314. The van der Waals surface area contributed by atoms with Gasteiger partial charge in [-0.3, -0.25) is 0 Å². The van der Waals surface area contributed by atoms with E-state index < -0.39 is 0 Å². The van der Waals surface area contributed by atoms with Crippen molar-refractivity contribution in [3.63, 3.8) is 0 Å². The highest BCUT2D eigenvalue weighted by molar-refractivity contribution is 6.18. The summed E-state index contributed by atoms with van der Waals surface area (Å²) in [6, 6.07) is 7.53. The minimum atomic E-state index is 0.628. The normalized spacial score (nSPS) is 10.0. The zero-order chi connectivity index (χ0) is 10.9. The van der Waals surface area contributed by atoms with Gasteiger partial charge in [0.1, 0.15) is 18.1 Å². The molecule has 0 saturated heterocycles. The van der Waals surface area contributed by atoms with Crippen LogP contribution in [0.2, 0.25) is 0 Å². The van der Waals surface area contributed by atoms with E-state index in [2.05, 4.69) is 5.32 Å². The first-order chi connectivity index (χ1) is 7.36. The molecule has 0 radical (unpaired) electrons. The van der Waals surface area contributed by atoms with Crippen LogP contribution in [0.25, 0.3) is 0 Å². The second kappa shape index (κ2) is 7.37. The highest BCUT2D eigenvalue weighted by Crippen LogP contribution is 2.16. The summed E-state index contributed by atoms with van der Waals surface area (Å²) < 4.78 is 10.5. The van der Waals surface area contributed by atoms with E-state index in [0.29, 0.717) is 12.5 Å². The van der Waals surface area contributed by atoms with Gasteiger partial charge in [0.25, 0.3) is 0 Å².